The number of rotatable bonds is 4. The largest absolute Gasteiger partial charge is 0.483 e. The second-order valence-electron chi connectivity index (χ2n) is 6.45. The average Bonchev–Trinajstić information content (AvgIpc) is 2.79. The van der Waals surface area contributed by atoms with Crippen LogP contribution < -0.4 is 15.5 Å². The Bertz CT molecular complexity index is 716. The highest BCUT2D eigenvalue weighted by molar-refractivity contribution is 6.30. The molecule has 4 amide bonds. The Kier molecular flexibility index (Phi) is 4.85. The number of hydrogen-bond acceptors (Lipinski definition) is 4. The summed E-state index contributed by atoms with van der Waals surface area (Å²) in [6.45, 7) is 1.50. The van der Waals surface area contributed by atoms with Gasteiger partial charge in [-0.3, -0.25) is 15.0 Å². The summed E-state index contributed by atoms with van der Waals surface area (Å²) in [4.78, 5) is 36.7. The maximum atomic E-state index is 12.6. The first-order valence-corrected chi connectivity index (χ1v) is 8.64. The minimum atomic E-state index is -0.865. The Morgan fingerprint density at radius 2 is 2.04 bits per heavy atom. The van der Waals surface area contributed by atoms with Crippen molar-refractivity contribution in [3.63, 3.8) is 0 Å². The Morgan fingerprint density at radius 1 is 1.32 bits per heavy atom. The van der Waals surface area contributed by atoms with Crippen LogP contribution in [-0.2, 0) is 9.59 Å². The van der Waals surface area contributed by atoms with Gasteiger partial charge in [-0.2, -0.15) is 5.01 Å². The van der Waals surface area contributed by atoms with E-state index in [0.29, 0.717) is 23.6 Å². The van der Waals surface area contributed by atoms with Gasteiger partial charge in [0, 0.05) is 5.02 Å². The van der Waals surface area contributed by atoms with Gasteiger partial charge in [0.25, 0.3) is 11.8 Å². The molecular formula is C17H20ClN3O4. The molecule has 7 nitrogen and oxygen atoms in total. The van der Waals surface area contributed by atoms with Gasteiger partial charge in [0.2, 0.25) is 0 Å². The van der Waals surface area contributed by atoms with Gasteiger partial charge in [0.15, 0.2) is 6.61 Å². The lowest BCUT2D eigenvalue weighted by molar-refractivity contribution is -0.140. The highest BCUT2D eigenvalue weighted by Gasteiger charge is 2.52. The molecule has 1 saturated heterocycles. The third-order valence-electron chi connectivity index (χ3n) is 4.60. The third kappa shape index (κ3) is 3.56. The van der Waals surface area contributed by atoms with Crippen LogP contribution in [0.4, 0.5) is 4.79 Å². The van der Waals surface area contributed by atoms with Crippen LogP contribution in [0, 0.1) is 6.92 Å². The number of benzene rings is 1. The second-order valence-corrected chi connectivity index (χ2v) is 6.88. The molecule has 1 aliphatic heterocycles. The molecule has 134 valence electrons. The maximum Gasteiger partial charge on any atom is 0.344 e. The van der Waals surface area contributed by atoms with Crippen molar-refractivity contribution in [1.29, 1.82) is 0 Å². The summed E-state index contributed by atoms with van der Waals surface area (Å²) in [6, 6.07) is 4.45. The van der Waals surface area contributed by atoms with Gasteiger partial charge in [-0.15, -0.1) is 0 Å². The van der Waals surface area contributed by atoms with Crippen LogP contribution in [0.2, 0.25) is 5.02 Å². The highest BCUT2D eigenvalue weighted by atomic mass is 35.5. The smallest absolute Gasteiger partial charge is 0.344 e. The van der Waals surface area contributed by atoms with Crippen molar-refractivity contribution in [2.75, 3.05) is 6.61 Å². The summed E-state index contributed by atoms with van der Waals surface area (Å²) < 4.78 is 5.43. The van der Waals surface area contributed by atoms with E-state index in [4.69, 9.17) is 16.3 Å². The lowest BCUT2D eigenvalue weighted by Crippen LogP contribution is -2.51. The van der Waals surface area contributed by atoms with E-state index in [1.807, 2.05) is 6.92 Å². The number of aryl methyl sites for hydroxylation is 1. The number of imide groups is 1. The zero-order valence-electron chi connectivity index (χ0n) is 13.9. The van der Waals surface area contributed by atoms with Crippen molar-refractivity contribution in [1.82, 2.24) is 15.8 Å². The summed E-state index contributed by atoms with van der Waals surface area (Å²) in [5, 5.41) is 4.08. The number of ether oxygens (including phenoxy) is 1. The quantitative estimate of drug-likeness (QED) is 0.801. The molecule has 0 radical (unpaired) electrons. The predicted octanol–water partition coefficient (Wildman–Crippen LogP) is 2.31. The number of amides is 4. The van der Waals surface area contributed by atoms with Gasteiger partial charge in [0.1, 0.15) is 11.3 Å². The molecule has 0 unspecified atom stereocenters. The number of carbonyl (C=O) groups excluding carboxylic acids is 3. The van der Waals surface area contributed by atoms with E-state index < -0.39 is 23.4 Å². The minimum Gasteiger partial charge on any atom is -0.483 e. The van der Waals surface area contributed by atoms with E-state index in [1.165, 1.54) is 0 Å². The van der Waals surface area contributed by atoms with Gasteiger partial charge >= 0.3 is 6.03 Å². The van der Waals surface area contributed by atoms with Crippen LogP contribution in [0.15, 0.2) is 18.2 Å². The molecule has 1 spiro atoms. The number of hydrazine groups is 1. The topological polar surface area (TPSA) is 87.7 Å². The second kappa shape index (κ2) is 6.92. The summed E-state index contributed by atoms with van der Waals surface area (Å²) in [6.07, 6.45) is 4.01. The van der Waals surface area contributed by atoms with Gasteiger partial charge in [0.05, 0.1) is 0 Å². The summed E-state index contributed by atoms with van der Waals surface area (Å²) in [5.74, 6) is -0.459. The van der Waals surface area contributed by atoms with E-state index in [-0.39, 0.29) is 6.61 Å². The molecule has 8 heteroatoms. The molecule has 1 saturated carbocycles. The summed E-state index contributed by atoms with van der Waals surface area (Å²) in [7, 11) is 0. The predicted molar refractivity (Wildman–Crippen MR) is 91.0 cm³/mol. The number of carbonyl (C=O) groups is 3. The van der Waals surface area contributed by atoms with Gasteiger partial charge in [-0.25, -0.2) is 4.79 Å². The zero-order chi connectivity index (χ0) is 18.0. The molecule has 0 atom stereocenters. The molecule has 2 aliphatic rings. The first-order valence-electron chi connectivity index (χ1n) is 8.26. The Balaban J connectivity index is 1.59. The Morgan fingerprint density at radius 3 is 2.72 bits per heavy atom. The number of nitrogens with one attached hydrogen (secondary N) is 2. The normalized spacial score (nSPS) is 19.0. The van der Waals surface area contributed by atoms with Gasteiger partial charge in [-0.1, -0.05) is 30.9 Å². The highest BCUT2D eigenvalue weighted by Crippen LogP contribution is 2.33. The molecule has 0 aromatic heterocycles. The van der Waals surface area contributed by atoms with Crippen LogP contribution in [0.5, 0.6) is 5.75 Å². The molecule has 1 aromatic carbocycles. The van der Waals surface area contributed by atoms with Crippen LogP contribution in [0.3, 0.4) is 0 Å². The van der Waals surface area contributed by atoms with Crippen LogP contribution >= 0.6 is 11.6 Å². The van der Waals surface area contributed by atoms with E-state index in [0.717, 1.165) is 29.8 Å². The maximum absolute atomic E-state index is 12.6. The third-order valence-corrected chi connectivity index (χ3v) is 4.84. The SMILES string of the molecule is Cc1cc(Cl)ccc1OCC(=O)NN1C(=O)NC2(CCCCC2)C1=O. The standard InChI is InChI=1S/C17H20ClN3O4/c1-11-9-12(18)5-6-13(11)25-10-14(22)20-21-15(23)17(19-16(21)24)7-3-2-4-8-17/h5-6,9H,2-4,7-8,10H2,1H3,(H,19,24)(H,20,22). The summed E-state index contributed by atoms with van der Waals surface area (Å²) in [5.41, 5.74) is 2.26. The lowest BCUT2D eigenvalue weighted by Gasteiger charge is -2.30. The van der Waals surface area contributed by atoms with Crippen molar-refractivity contribution in [2.24, 2.45) is 0 Å². The van der Waals surface area contributed by atoms with Gasteiger partial charge < -0.3 is 10.1 Å². The zero-order valence-corrected chi connectivity index (χ0v) is 14.7. The number of hydrogen-bond donors (Lipinski definition) is 2. The van der Waals surface area contributed by atoms with Gasteiger partial charge in [-0.05, 0) is 43.5 Å². The number of urea groups is 1. The molecule has 1 aliphatic carbocycles. The van der Waals surface area contributed by atoms with Crippen molar-refractivity contribution in [3.8, 4) is 5.75 Å². The molecule has 3 rings (SSSR count). The molecular weight excluding hydrogens is 346 g/mol. The molecule has 1 aromatic rings. The summed E-state index contributed by atoms with van der Waals surface area (Å²) >= 11 is 5.87. The minimum absolute atomic E-state index is 0.313. The number of nitrogens with zero attached hydrogens (tertiary/aromatic N) is 1. The fourth-order valence-electron chi connectivity index (χ4n) is 3.29. The Labute approximate surface area is 150 Å². The van der Waals surface area contributed by atoms with E-state index in [2.05, 4.69) is 10.7 Å². The van der Waals surface area contributed by atoms with Crippen LogP contribution in [0.1, 0.15) is 37.7 Å². The molecule has 2 N–H and O–H groups in total. The lowest BCUT2D eigenvalue weighted by atomic mass is 9.82. The van der Waals surface area contributed by atoms with Crippen molar-refractivity contribution < 1.29 is 19.1 Å². The first-order chi connectivity index (χ1) is 11.9. The molecule has 2 fully saturated rings. The fraction of sp³-hybridized carbons (Fsp3) is 0.471. The van der Waals surface area contributed by atoms with Crippen LogP contribution in [-0.4, -0.2) is 35.0 Å². The molecule has 25 heavy (non-hydrogen) atoms. The Hall–Kier alpha value is -2.28. The molecule has 0 bridgehead atoms. The first kappa shape index (κ1) is 17.5. The monoisotopic (exact) mass is 365 g/mol. The van der Waals surface area contributed by atoms with E-state index >= 15 is 0 Å². The van der Waals surface area contributed by atoms with Crippen molar-refractivity contribution >= 4 is 29.4 Å². The fourth-order valence-corrected chi connectivity index (χ4v) is 3.52. The number of halogens is 1. The van der Waals surface area contributed by atoms with E-state index in [9.17, 15) is 14.4 Å². The average molecular weight is 366 g/mol. The van der Waals surface area contributed by atoms with Crippen molar-refractivity contribution in [2.45, 2.75) is 44.6 Å². The van der Waals surface area contributed by atoms with Crippen LogP contribution in [0.25, 0.3) is 0 Å². The van der Waals surface area contributed by atoms with Crippen molar-refractivity contribution in [3.05, 3.63) is 28.8 Å². The molecule has 1 heterocycles. The van der Waals surface area contributed by atoms with E-state index in [1.54, 1.807) is 18.2 Å².